The van der Waals surface area contributed by atoms with E-state index in [9.17, 15) is 5.11 Å². The summed E-state index contributed by atoms with van der Waals surface area (Å²) in [4.78, 5) is 0. The van der Waals surface area contributed by atoms with E-state index in [1.54, 1.807) is 5.57 Å². The van der Waals surface area contributed by atoms with Crippen LogP contribution in [-0.4, -0.2) is 40.6 Å². The second-order valence-electron chi connectivity index (χ2n) is 16.5. The highest BCUT2D eigenvalue weighted by Crippen LogP contribution is 2.59. The molecule has 224 valence electrons. The molecule has 3 saturated carbocycles. The van der Waals surface area contributed by atoms with E-state index in [1.807, 2.05) is 0 Å². The zero-order chi connectivity index (χ0) is 29.6. The number of aliphatic hydroxyl groups is 1. The summed E-state index contributed by atoms with van der Waals surface area (Å²) < 4.78 is 14.1. The van der Waals surface area contributed by atoms with Crippen LogP contribution in [0.1, 0.15) is 100 Å². The molecule has 0 aromatic heterocycles. The summed E-state index contributed by atoms with van der Waals surface area (Å²) in [6.45, 7) is 33.1. The third-order valence-electron chi connectivity index (χ3n) is 11.7. The molecule has 0 unspecified atom stereocenters. The molecule has 0 aromatic rings. The minimum atomic E-state index is -1.96. The molecular formula is C34H62O3Si2. The van der Waals surface area contributed by atoms with Crippen molar-refractivity contribution >= 4 is 16.6 Å². The number of hydrogen-bond acceptors (Lipinski definition) is 3. The van der Waals surface area contributed by atoms with Crippen molar-refractivity contribution < 1.29 is 14.0 Å². The maximum Gasteiger partial charge on any atom is 0.192 e. The molecule has 0 radical (unpaired) electrons. The van der Waals surface area contributed by atoms with Crippen molar-refractivity contribution in [1.29, 1.82) is 0 Å². The van der Waals surface area contributed by atoms with Crippen LogP contribution in [0.2, 0.25) is 36.3 Å². The van der Waals surface area contributed by atoms with Crippen LogP contribution < -0.4 is 0 Å². The summed E-state index contributed by atoms with van der Waals surface area (Å²) in [5, 5.41) is 10.3. The molecule has 0 spiro atoms. The Morgan fingerprint density at radius 1 is 1.00 bits per heavy atom. The van der Waals surface area contributed by atoms with E-state index < -0.39 is 16.6 Å². The van der Waals surface area contributed by atoms with Gasteiger partial charge in [-0.25, -0.2) is 0 Å². The third kappa shape index (κ3) is 6.96. The Bertz CT molecular complexity index is 948. The molecule has 3 rings (SSSR count). The summed E-state index contributed by atoms with van der Waals surface area (Å²) in [6.07, 6.45) is 13.2. The maximum absolute atomic E-state index is 9.93. The molecule has 5 heteroatoms. The second kappa shape index (κ2) is 11.7. The molecule has 6 atom stereocenters. The highest BCUT2D eigenvalue weighted by molar-refractivity contribution is 6.74. The first-order chi connectivity index (χ1) is 17.7. The summed E-state index contributed by atoms with van der Waals surface area (Å²) in [6, 6.07) is 0. The molecule has 0 heterocycles. The Morgan fingerprint density at radius 3 is 2.15 bits per heavy atom. The van der Waals surface area contributed by atoms with Gasteiger partial charge in [-0.05, 0) is 109 Å². The van der Waals surface area contributed by atoms with Crippen LogP contribution >= 0.6 is 0 Å². The zero-order valence-corrected chi connectivity index (χ0v) is 29.7. The van der Waals surface area contributed by atoms with E-state index in [0.717, 1.165) is 12.8 Å². The van der Waals surface area contributed by atoms with Gasteiger partial charge in [0.2, 0.25) is 0 Å². The molecule has 0 amide bonds. The largest absolute Gasteiger partial charge is 0.413 e. The van der Waals surface area contributed by atoms with Gasteiger partial charge in [0.1, 0.15) is 0 Å². The molecule has 3 nitrogen and oxygen atoms in total. The van der Waals surface area contributed by atoms with Gasteiger partial charge in [0.15, 0.2) is 16.6 Å². The zero-order valence-electron chi connectivity index (χ0n) is 27.7. The van der Waals surface area contributed by atoms with Crippen molar-refractivity contribution in [2.75, 3.05) is 6.61 Å². The summed E-state index contributed by atoms with van der Waals surface area (Å²) in [5.41, 5.74) is 4.43. The average molecular weight is 575 g/mol. The minimum absolute atomic E-state index is 0.0250. The first-order valence-electron chi connectivity index (χ1n) is 15.8. The third-order valence-corrected chi connectivity index (χ3v) is 20.8. The Balaban J connectivity index is 1.93. The summed E-state index contributed by atoms with van der Waals surface area (Å²) in [5.74, 6) is 1.65. The van der Waals surface area contributed by atoms with Crippen LogP contribution in [0.3, 0.4) is 0 Å². The molecule has 0 aliphatic heterocycles. The predicted molar refractivity (Wildman–Crippen MR) is 173 cm³/mol. The number of allylic oxidation sites excluding steroid dienone is 3. The molecule has 3 aliphatic carbocycles. The lowest BCUT2D eigenvalue weighted by Gasteiger charge is -2.45. The van der Waals surface area contributed by atoms with E-state index in [-0.39, 0.29) is 22.3 Å². The van der Waals surface area contributed by atoms with Crippen LogP contribution in [0.25, 0.3) is 0 Å². The second-order valence-corrected chi connectivity index (χ2v) is 26.0. The Morgan fingerprint density at radius 2 is 1.59 bits per heavy atom. The first-order valence-corrected chi connectivity index (χ1v) is 21.6. The van der Waals surface area contributed by atoms with Gasteiger partial charge in [0.25, 0.3) is 0 Å². The molecule has 0 saturated heterocycles. The normalized spacial score (nSPS) is 34.0. The molecule has 0 bridgehead atoms. The minimum Gasteiger partial charge on any atom is -0.413 e. The fourth-order valence-electron chi connectivity index (χ4n) is 7.11. The quantitative estimate of drug-likeness (QED) is 0.308. The Labute approximate surface area is 244 Å². The van der Waals surface area contributed by atoms with Gasteiger partial charge >= 0.3 is 0 Å². The molecule has 1 N–H and O–H groups in total. The lowest BCUT2D eigenvalue weighted by atomic mass is 9.61. The fraction of sp³-hybridized carbons (Fsp3) is 0.824. The number of rotatable bonds is 7. The lowest BCUT2D eigenvalue weighted by molar-refractivity contribution is 0.0690. The molecular weight excluding hydrogens is 513 g/mol. The van der Waals surface area contributed by atoms with E-state index >= 15 is 0 Å². The molecule has 39 heavy (non-hydrogen) atoms. The Kier molecular flexibility index (Phi) is 9.88. The van der Waals surface area contributed by atoms with Crippen molar-refractivity contribution in [3.05, 3.63) is 35.5 Å². The average Bonchev–Trinajstić information content (AvgIpc) is 3.15. The van der Waals surface area contributed by atoms with Crippen LogP contribution in [0.5, 0.6) is 0 Å². The van der Waals surface area contributed by atoms with E-state index in [1.165, 1.54) is 43.3 Å². The van der Waals surface area contributed by atoms with Crippen LogP contribution in [0, 0.1) is 23.2 Å². The number of fused-ring (bicyclic) bond motifs is 1. The van der Waals surface area contributed by atoms with Gasteiger partial charge < -0.3 is 14.0 Å². The standard InChI is InChI=1S/C34H62O3Si2/c1-24(23-35)29-18-19-30-26(15-14-20-34(29,30)9)16-17-27-21-28(36-38(10,11)32(3,4)5)22-31(25(27)2)37-39(12,13)33(6,7)8/h16-17,24,28-31,35H,2,14-15,18-23H2,1,3-13H3/b26-16+,27-17-/t24-,28-,29-,30+,31+,34-/m1/s1. The van der Waals surface area contributed by atoms with Crippen LogP contribution in [0.4, 0.5) is 0 Å². The Hall–Kier alpha value is -0.466. The monoisotopic (exact) mass is 574 g/mol. The smallest absolute Gasteiger partial charge is 0.192 e. The summed E-state index contributed by atoms with van der Waals surface area (Å²) >= 11 is 0. The van der Waals surface area contributed by atoms with E-state index in [4.69, 9.17) is 8.85 Å². The van der Waals surface area contributed by atoms with Crippen molar-refractivity contribution in [2.45, 2.75) is 149 Å². The van der Waals surface area contributed by atoms with Gasteiger partial charge in [-0.15, -0.1) is 0 Å². The number of aliphatic hydroxyl groups excluding tert-OH is 1. The topological polar surface area (TPSA) is 38.7 Å². The van der Waals surface area contributed by atoms with Crippen LogP contribution in [0.15, 0.2) is 35.5 Å². The van der Waals surface area contributed by atoms with Crippen molar-refractivity contribution in [1.82, 2.24) is 0 Å². The molecule has 3 aliphatic rings. The highest BCUT2D eigenvalue weighted by Gasteiger charge is 2.50. The van der Waals surface area contributed by atoms with Crippen molar-refractivity contribution in [2.24, 2.45) is 23.2 Å². The van der Waals surface area contributed by atoms with Crippen molar-refractivity contribution in [3.8, 4) is 0 Å². The van der Waals surface area contributed by atoms with Gasteiger partial charge in [0.05, 0.1) is 12.2 Å². The SMILES string of the molecule is C=C1/C(=C\C=C2/CCC[C@]3(C)[C@@H]([C@H](C)CO)CC[C@@H]23)C[C@@H](O[Si](C)(C)C(C)(C)C)C[C@@H]1O[Si](C)(C)C(C)(C)C. The molecule has 0 aromatic carbocycles. The van der Waals surface area contributed by atoms with E-state index in [0.29, 0.717) is 29.8 Å². The van der Waals surface area contributed by atoms with Gasteiger partial charge in [-0.2, -0.15) is 0 Å². The number of hydrogen-bond donors (Lipinski definition) is 1. The fourth-order valence-corrected chi connectivity index (χ4v) is 9.78. The highest BCUT2D eigenvalue weighted by atomic mass is 28.4. The van der Waals surface area contributed by atoms with Gasteiger partial charge in [-0.1, -0.05) is 79.7 Å². The van der Waals surface area contributed by atoms with Crippen LogP contribution in [-0.2, 0) is 8.85 Å². The lowest BCUT2D eigenvalue weighted by Crippen LogP contribution is -2.49. The molecule has 3 fully saturated rings. The van der Waals surface area contributed by atoms with Crippen molar-refractivity contribution in [3.63, 3.8) is 0 Å². The van der Waals surface area contributed by atoms with Gasteiger partial charge in [0, 0.05) is 13.0 Å². The van der Waals surface area contributed by atoms with Gasteiger partial charge in [-0.3, -0.25) is 0 Å². The maximum atomic E-state index is 9.93. The summed E-state index contributed by atoms with van der Waals surface area (Å²) in [7, 11) is -3.87. The predicted octanol–water partition coefficient (Wildman–Crippen LogP) is 9.81. The first kappa shape index (κ1) is 33.0. The van der Waals surface area contributed by atoms with E-state index in [2.05, 4.69) is 100 Å².